The molecule has 0 aromatic heterocycles. The molecule has 3 heteroatoms. The summed E-state index contributed by atoms with van der Waals surface area (Å²) >= 11 is 1.65. The highest BCUT2D eigenvalue weighted by Crippen LogP contribution is 2.28. The van der Waals surface area contributed by atoms with Crippen LogP contribution in [0.4, 0.5) is 0 Å². The first kappa shape index (κ1) is 14.8. The second-order valence-electron chi connectivity index (χ2n) is 4.44. The van der Waals surface area contributed by atoms with Crippen LogP contribution in [-0.2, 0) is 4.79 Å². The van der Waals surface area contributed by atoms with Crippen molar-refractivity contribution >= 4 is 23.3 Å². The lowest BCUT2D eigenvalue weighted by Gasteiger charge is -2.14. The van der Waals surface area contributed by atoms with Crippen molar-refractivity contribution in [2.24, 2.45) is 5.92 Å². The third-order valence-corrected chi connectivity index (χ3v) is 3.74. The molecule has 1 aromatic carbocycles. The molecule has 0 fully saturated rings. The molecule has 1 N–H and O–H groups in total. The molecule has 0 bridgehead atoms. The van der Waals surface area contributed by atoms with E-state index in [0.29, 0.717) is 5.57 Å². The third kappa shape index (κ3) is 3.39. The van der Waals surface area contributed by atoms with Crippen LogP contribution in [0.2, 0.25) is 0 Å². The van der Waals surface area contributed by atoms with E-state index in [1.54, 1.807) is 11.8 Å². The van der Waals surface area contributed by atoms with Gasteiger partial charge in [-0.25, -0.2) is 4.79 Å². The molecule has 0 aliphatic heterocycles. The fourth-order valence-corrected chi connectivity index (χ4v) is 2.49. The predicted molar refractivity (Wildman–Crippen MR) is 77.9 cm³/mol. The zero-order chi connectivity index (χ0) is 13.7. The molecule has 98 valence electrons. The molecule has 2 nitrogen and oxygen atoms in total. The van der Waals surface area contributed by atoms with Gasteiger partial charge in [0.25, 0.3) is 0 Å². The van der Waals surface area contributed by atoms with E-state index in [0.717, 1.165) is 22.5 Å². The van der Waals surface area contributed by atoms with Crippen molar-refractivity contribution < 1.29 is 9.90 Å². The van der Waals surface area contributed by atoms with E-state index in [1.807, 2.05) is 51.3 Å². The van der Waals surface area contributed by atoms with Crippen molar-refractivity contribution in [1.29, 1.82) is 0 Å². The largest absolute Gasteiger partial charge is 0.478 e. The van der Waals surface area contributed by atoms with Gasteiger partial charge in [0.15, 0.2) is 0 Å². The number of hydrogen-bond donors (Lipinski definition) is 1. The molecule has 0 unspecified atom stereocenters. The number of carboxylic acids is 1. The van der Waals surface area contributed by atoms with Crippen LogP contribution >= 0.6 is 11.8 Å². The van der Waals surface area contributed by atoms with Crippen LogP contribution in [0.25, 0.3) is 5.57 Å². The Hall–Kier alpha value is -1.22. The molecule has 0 spiro atoms. The van der Waals surface area contributed by atoms with Gasteiger partial charge in [0, 0.05) is 4.90 Å². The average molecular weight is 264 g/mol. The van der Waals surface area contributed by atoms with Crippen LogP contribution in [0.1, 0.15) is 32.8 Å². The number of aliphatic carboxylic acids is 1. The Morgan fingerprint density at radius 1 is 1.28 bits per heavy atom. The number of hydrogen-bond acceptors (Lipinski definition) is 2. The topological polar surface area (TPSA) is 37.3 Å². The van der Waals surface area contributed by atoms with Gasteiger partial charge < -0.3 is 5.11 Å². The zero-order valence-corrected chi connectivity index (χ0v) is 12.2. The molecule has 0 amide bonds. The number of rotatable bonds is 5. The van der Waals surface area contributed by atoms with Gasteiger partial charge in [-0.05, 0) is 36.3 Å². The molecule has 1 rings (SSSR count). The maximum atomic E-state index is 11.5. The molecular formula is C15H20O2S. The van der Waals surface area contributed by atoms with Crippen molar-refractivity contribution in [3.8, 4) is 0 Å². The SMILES string of the molecule is CCC(=C(C(=O)O)c1ccc(SC)cc1)C(C)C. The highest BCUT2D eigenvalue weighted by Gasteiger charge is 2.17. The summed E-state index contributed by atoms with van der Waals surface area (Å²) in [7, 11) is 0. The minimum atomic E-state index is -0.836. The number of allylic oxidation sites excluding steroid dienone is 1. The van der Waals surface area contributed by atoms with E-state index in [2.05, 4.69) is 0 Å². The highest BCUT2D eigenvalue weighted by atomic mass is 32.2. The monoisotopic (exact) mass is 264 g/mol. The Morgan fingerprint density at radius 2 is 1.83 bits per heavy atom. The predicted octanol–water partition coefficient (Wildman–Crippen LogP) is 4.31. The van der Waals surface area contributed by atoms with Crippen LogP contribution in [0.3, 0.4) is 0 Å². The van der Waals surface area contributed by atoms with Crippen molar-refractivity contribution in [3.63, 3.8) is 0 Å². The van der Waals surface area contributed by atoms with Gasteiger partial charge >= 0.3 is 5.97 Å². The van der Waals surface area contributed by atoms with Crippen molar-refractivity contribution in [3.05, 3.63) is 35.4 Å². The first-order chi connectivity index (χ1) is 8.51. The molecule has 0 radical (unpaired) electrons. The third-order valence-electron chi connectivity index (χ3n) is 2.99. The van der Waals surface area contributed by atoms with Gasteiger partial charge in [-0.2, -0.15) is 0 Å². The molecule has 0 atom stereocenters. The summed E-state index contributed by atoms with van der Waals surface area (Å²) in [4.78, 5) is 12.6. The Balaban J connectivity index is 3.31. The zero-order valence-electron chi connectivity index (χ0n) is 11.4. The van der Waals surface area contributed by atoms with E-state index in [1.165, 1.54) is 0 Å². The van der Waals surface area contributed by atoms with E-state index < -0.39 is 5.97 Å². The van der Waals surface area contributed by atoms with Crippen LogP contribution in [0.15, 0.2) is 34.7 Å². The molecule has 0 heterocycles. The molecule has 1 aromatic rings. The first-order valence-corrected chi connectivity index (χ1v) is 7.34. The summed E-state index contributed by atoms with van der Waals surface area (Å²) < 4.78 is 0. The Labute approximate surface area is 113 Å². The molecule has 18 heavy (non-hydrogen) atoms. The fraction of sp³-hybridized carbons (Fsp3) is 0.400. The van der Waals surface area contributed by atoms with Crippen molar-refractivity contribution in [2.45, 2.75) is 32.1 Å². The standard InChI is InChI=1S/C15H20O2S/c1-5-13(10(2)3)14(15(16)17)11-6-8-12(18-4)9-7-11/h6-10H,5H2,1-4H3,(H,16,17). The summed E-state index contributed by atoms with van der Waals surface area (Å²) in [6.07, 6.45) is 2.78. The van der Waals surface area contributed by atoms with E-state index >= 15 is 0 Å². The lowest BCUT2D eigenvalue weighted by atomic mass is 9.91. The number of carboxylic acid groups (broad SMARTS) is 1. The van der Waals surface area contributed by atoms with Crippen LogP contribution in [0, 0.1) is 5.92 Å². The van der Waals surface area contributed by atoms with Crippen LogP contribution in [-0.4, -0.2) is 17.3 Å². The minimum Gasteiger partial charge on any atom is -0.478 e. The van der Waals surface area contributed by atoms with Gasteiger partial charge in [-0.1, -0.05) is 38.5 Å². The van der Waals surface area contributed by atoms with E-state index in [4.69, 9.17) is 0 Å². The van der Waals surface area contributed by atoms with Crippen molar-refractivity contribution in [2.75, 3.05) is 6.26 Å². The summed E-state index contributed by atoms with van der Waals surface area (Å²) in [6.45, 7) is 6.09. The van der Waals surface area contributed by atoms with Gasteiger partial charge in [0.2, 0.25) is 0 Å². The van der Waals surface area contributed by atoms with Gasteiger partial charge in [-0.3, -0.25) is 0 Å². The van der Waals surface area contributed by atoms with E-state index in [9.17, 15) is 9.90 Å². The quantitative estimate of drug-likeness (QED) is 0.636. The number of thioether (sulfide) groups is 1. The lowest BCUT2D eigenvalue weighted by Crippen LogP contribution is -2.07. The van der Waals surface area contributed by atoms with Crippen molar-refractivity contribution in [1.82, 2.24) is 0 Å². The minimum absolute atomic E-state index is 0.251. The summed E-state index contributed by atoms with van der Waals surface area (Å²) in [5, 5.41) is 9.44. The second kappa shape index (κ2) is 6.64. The highest BCUT2D eigenvalue weighted by molar-refractivity contribution is 7.98. The normalized spacial score (nSPS) is 12.5. The van der Waals surface area contributed by atoms with Crippen LogP contribution in [0.5, 0.6) is 0 Å². The molecular weight excluding hydrogens is 244 g/mol. The summed E-state index contributed by atoms with van der Waals surface area (Å²) in [6, 6.07) is 7.73. The average Bonchev–Trinajstić information content (AvgIpc) is 2.35. The van der Waals surface area contributed by atoms with Gasteiger partial charge in [0.05, 0.1) is 5.57 Å². The van der Waals surface area contributed by atoms with E-state index in [-0.39, 0.29) is 5.92 Å². The second-order valence-corrected chi connectivity index (χ2v) is 5.32. The first-order valence-electron chi connectivity index (χ1n) is 6.12. The van der Waals surface area contributed by atoms with Gasteiger partial charge in [0.1, 0.15) is 0 Å². The molecule has 0 saturated carbocycles. The molecule has 0 aliphatic carbocycles. The summed E-state index contributed by atoms with van der Waals surface area (Å²) in [5.41, 5.74) is 2.26. The van der Waals surface area contributed by atoms with Gasteiger partial charge in [-0.15, -0.1) is 11.8 Å². The Kier molecular flexibility index (Phi) is 5.48. The Bertz CT molecular complexity index is 444. The maximum Gasteiger partial charge on any atom is 0.336 e. The fourth-order valence-electron chi connectivity index (χ4n) is 2.08. The van der Waals surface area contributed by atoms with Crippen LogP contribution < -0.4 is 0 Å². The maximum absolute atomic E-state index is 11.5. The molecule has 0 saturated heterocycles. The Morgan fingerprint density at radius 3 is 2.17 bits per heavy atom. The summed E-state index contributed by atoms with van der Waals surface area (Å²) in [5.74, 6) is -0.584. The number of benzene rings is 1. The smallest absolute Gasteiger partial charge is 0.336 e. The molecule has 0 aliphatic rings. The lowest BCUT2D eigenvalue weighted by molar-refractivity contribution is -0.130. The number of carbonyl (C=O) groups is 1.